The van der Waals surface area contributed by atoms with Crippen LogP contribution in [0.1, 0.15) is 51.2 Å². The molecule has 0 radical (unpaired) electrons. The van der Waals surface area contributed by atoms with Crippen LogP contribution in [0.25, 0.3) is 0 Å². The van der Waals surface area contributed by atoms with Crippen molar-refractivity contribution in [2.24, 2.45) is 0 Å². The molecule has 1 aromatic heterocycles. The van der Waals surface area contributed by atoms with Crippen molar-refractivity contribution in [1.29, 1.82) is 0 Å². The number of nitrogens with one attached hydrogen (secondary N) is 1. The van der Waals surface area contributed by atoms with Crippen molar-refractivity contribution in [3.63, 3.8) is 0 Å². The summed E-state index contributed by atoms with van der Waals surface area (Å²) in [5.74, 6) is 1.70. The van der Waals surface area contributed by atoms with E-state index in [1.165, 1.54) is 25.7 Å². The maximum absolute atomic E-state index is 5.40. The van der Waals surface area contributed by atoms with Gasteiger partial charge in [-0.25, -0.2) is 0 Å². The van der Waals surface area contributed by atoms with E-state index in [2.05, 4.69) is 29.3 Å². The summed E-state index contributed by atoms with van der Waals surface area (Å²) in [5.41, 5.74) is 0.239. The summed E-state index contributed by atoms with van der Waals surface area (Å²) >= 11 is 0. The molecule has 1 atom stereocenters. The second-order valence-corrected chi connectivity index (χ2v) is 4.94. The van der Waals surface area contributed by atoms with Crippen LogP contribution in [0, 0.1) is 0 Å². The highest BCUT2D eigenvalue weighted by atomic mass is 16.5. The summed E-state index contributed by atoms with van der Waals surface area (Å²) in [4.78, 5) is 4.53. The van der Waals surface area contributed by atoms with Gasteiger partial charge >= 0.3 is 0 Å². The Morgan fingerprint density at radius 3 is 2.81 bits per heavy atom. The monoisotopic (exact) mass is 223 g/mol. The molecule has 1 unspecified atom stereocenters. The topological polar surface area (TPSA) is 51.0 Å². The minimum atomic E-state index is 0.239. The van der Waals surface area contributed by atoms with Crippen LogP contribution < -0.4 is 5.32 Å². The number of aromatic nitrogens is 2. The van der Waals surface area contributed by atoms with Crippen molar-refractivity contribution in [2.45, 2.75) is 57.4 Å². The van der Waals surface area contributed by atoms with Gasteiger partial charge < -0.3 is 9.84 Å². The molecule has 4 nitrogen and oxygen atoms in total. The van der Waals surface area contributed by atoms with E-state index in [1.54, 1.807) is 0 Å². The maximum atomic E-state index is 5.40. The van der Waals surface area contributed by atoms with E-state index < -0.39 is 0 Å². The van der Waals surface area contributed by atoms with E-state index in [1.807, 2.05) is 7.05 Å². The lowest BCUT2D eigenvalue weighted by molar-refractivity contribution is 0.332. The number of nitrogens with zero attached hydrogens (tertiary/aromatic N) is 2. The zero-order valence-corrected chi connectivity index (χ0v) is 10.4. The van der Waals surface area contributed by atoms with Crippen molar-refractivity contribution in [1.82, 2.24) is 15.5 Å². The lowest BCUT2D eigenvalue weighted by atomic mass is 10.0. The fraction of sp³-hybridized carbons (Fsp3) is 0.833. The van der Waals surface area contributed by atoms with E-state index in [9.17, 15) is 0 Å². The Labute approximate surface area is 96.8 Å². The first-order valence-electron chi connectivity index (χ1n) is 6.20. The quantitative estimate of drug-likeness (QED) is 0.802. The molecule has 1 fully saturated rings. The van der Waals surface area contributed by atoms with Gasteiger partial charge in [-0.3, -0.25) is 0 Å². The molecule has 90 valence electrons. The number of hydrogen-bond donors (Lipinski definition) is 1. The Morgan fingerprint density at radius 1 is 1.50 bits per heavy atom. The molecule has 0 bridgehead atoms. The summed E-state index contributed by atoms with van der Waals surface area (Å²) in [5, 5.41) is 7.25. The van der Waals surface area contributed by atoms with Crippen LogP contribution in [0.2, 0.25) is 0 Å². The molecule has 1 N–H and O–H groups in total. The Morgan fingerprint density at radius 2 is 2.25 bits per heavy atom. The molecule has 0 aromatic carbocycles. The van der Waals surface area contributed by atoms with Gasteiger partial charge in [0.25, 0.3) is 0 Å². The van der Waals surface area contributed by atoms with Crippen LogP contribution in [0.3, 0.4) is 0 Å². The first-order valence-corrected chi connectivity index (χ1v) is 6.20. The molecule has 4 heteroatoms. The summed E-state index contributed by atoms with van der Waals surface area (Å²) < 4.78 is 5.40. The molecule has 0 spiro atoms. The lowest BCUT2D eigenvalue weighted by Gasteiger charge is -2.07. The third-order valence-electron chi connectivity index (χ3n) is 3.49. The van der Waals surface area contributed by atoms with E-state index in [-0.39, 0.29) is 5.41 Å². The largest absolute Gasteiger partial charge is 0.339 e. The van der Waals surface area contributed by atoms with Crippen LogP contribution in [0.5, 0.6) is 0 Å². The minimum Gasteiger partial charge on any atom is -0.339 e. The molecule has 1 heterocycles. The second-order valence-electron chi connectivity index (χ2n) is 4.94. The van der Waals surface area contributed by atoms with Gasteiger partial charge in [-0.05, 0) is 33.2 Å². The molecule has 2 rings (SSSR count). The fourth-order valence-corrected chi connectivity index (χ4v) is 2.13. The predicted octanol–water partition coefficient (Wildman–Crippen LogP) is 2.05. The zero-order chi connectivity index (χ0) is 11.6. The highest BCUT2D eigenvalue weighted by Crippen LogP contribution is 2.50. The first-order chi connectivity index (χ1) is 7.70. The summed E-state index contributed by atoms with van der Waals surface area (Å²) in [7, 11) is 1.95. The van der Waals surface area contributed by atoms with Gasteiger partial charge in [-0.1, -0.05) is 18.5 Å². The molecule has 16 heavy (non-hydrogen) atoms. The van der Waals surface area contributed by atoms with Crippen molar-refractivity contribution < 1.29 is 4.52 Å². The Balaban J connectivity index is 2.02. The number of rotatable bonds is 6. The maximum Gasteiger partial charge on any atom is 0.232 e. The highest BCUT2D eigenvalue weighted by molar-refractivity contribution is 5.15. The molecule has 0 amide bonds. The second kappa shape index (κ2) is 4.53. The van der Waals surface area contributed by atoms with E-state index in [0.29, 0.717) is 6.04 Å². The van der Waals surface area contributed by atoms with Crippen molar-refractivity contribution in [2.75, 3.05) is 7.05 Å². The smallest absolute Gasteiger partial charge is 0.232 e. The van der Waals surface area contributed by atoms with E-state index >= 15 is 0 Å². The van der Waals surface area contributed by atoms with Crippen LogP contribution >= 0.6 is 0 Å². The van der Waals surface area contributed by atoms with Crippen LogP contribution in [-0.2, 0) is 11.8 Å². The standard InChI is InChI=1S/C12H21N3O/c1-4-5-12(6-7-12)11-14-10(15-16-11)8-9(2)13-3/h9,13H,4-8H2,1-3H3. The van der Waals surface area contributed by atoms with Crippen LogP contribution in [0.15, 0.2) is 4.52 Å². The molecule has 1 saturated carbocycles. The van der Waals surface area contributed by atoms with Crippen molar-refractivity contribution >= 4 is 0 Å². The molecule has 0 saturated heterocycles. The molecule has 0 aliphatic heterocycles. The fourth-order valence-electron chi connectivity index (χ4n) is 2.13. The molecule has 1 aliphatic carbocycles. The molecular weight excluding hydrogens is 202 g/mol. The van der Waals surface area contributed by atoms with Crippen molar-refractivity contribution in [3.05, 3.63) is 11.7 Å². The normalized spacial score (nSPS) is 19.7. The van der Waals surface area contributed by atoms with Crippen molar-refractivity contribution in [3.8, 4) is 0 Å². The summed E-state index contributed by atoms with van der Waals surface area (Å²) in [6.07, 6.45) is 5.62. The average Bonchev–Trinajstić information content (AvgIpc) is 2.90. The van der Waals surface area contributed by atoms with Gasteiger partial charge in [-0.15, -0.1) is 0 Å². The molecule has 1 aliphatic rings. The number of hydrogen-bond acceptors (Lipinski definition) is 4. The predicted molar refractivity (Wildman–Crippen MR) is 62.3 cm³/mol. The lowest BCUT2D eigenvalue weighted by Crippen LogP contribution is -2.24. The summed E-state index contributed by atoms with van der Waals surface area (Å²) in [6, 6.07) is 0.395. The molecular formula is C12H21N3O. The van der Waals surface area contributed by atoms with Gasteiger partial charge in [0.2, 0.25) is 5.89 Å². The van der Waals surface area contributed by atoms with Gasteiger partial charge in [0.1, 0.15) is 0 Å². The third kappa shape index (κ3) is 2.26. The van der Waals surface area contributed by atoms with E-state index in [4.69, 9.17) is 4.52 Å². The minimum absolute atomic E-state index is 0.239. The van der Waals surface area contributed by atoms with Gasteiger partial charge in [0, 0.05) is 17.9 Å². The Bertz CT molecular complexity index is 344. The number of likely N-dealkylation sites (N-methyl/N-ethyl adjacent to an activating group) is 1. The van der Waals surface area contributed by atoms with Gasteiger partial charge in [0.15, 0.2) is 5.82 Å². The zero-order valence-electron chi connectivity index (χ0n) is 10.4. The first kappa shape index (κ1) is 11.6. The van der Waals surface area contributed by atoms with Gasteiger partial charge in [0.05, 0.1) is 0 Å². The summed E-state index contributed by atoms with van der Waals surface area (Å²) in [6.45, 7) is 4.33. The SMILES string of the molecule is CCCC1(c2nc(CC(C)NC)no2)CC1. The van der Waals surface area contributed by atoms with E-state index in [0.717, 1.165) is 18.1 Å². The Kier molecular flexibility index (Phi) is 3.28. The third-order valence-corrected chi connectivity index (χ3v) is 3.49. The highest BCUT2D eigenvalue weighted by Gasteiger charge is 2.48. The molecule has 1 aromatic rings. The van der Waals surface area contributed by atoms with Crippen LogP contribution in [-0.4, -0.2) is 23.2 Å². The average molecular weight is 223 g/mol. The Hall–Kier alpha value is -0.900. The van der Waals surface area contributed by atoms with Crippen LogP contribution in [0.4, 0.5) is 0 Å². The van der Waals surface area contributed by atoms with Gasteiger partial charge in [-0.2, -0.15) is 4.98 Å².